The topological polar surface area (TPSA) is 40.1 Å². The van der Waals surface area contributed by atoms with Gasteiger partial charge in [-0.1, -0.05) is 0 Å². The summed E-state index contributed by atoms with van der Waals surface area (Å²) < 4.78 is 0.00116. The first-order valence-electron chi connectivity index (χ1n) is 7.66. The number of carbonyl (C=O) groups excluding carboxylic acids is 1. The number of rotatable bonds is 3. The minimum atomic E-state index is -1.05. The average Bonchev–Trinajstić information content (AvgIpc) is 2.35. The van der Waals surface area contributed by atoms with E-state index in [4.69, 9.17) is 0 Å². The Morgan fingerprint density at radius 2 is 1.08 bits per heavy atom. The molecule has 4 heteroatoms. The molecule has 0 spiro atoms. The van der Waals surface area contributed by atoms with Gasteiger partial charge in [-0.3, -0.25) is 0 Å². The molecule has 0 atom stereocenters. The maximum Gasteiger partial charge on any atom is 1.00 e. The van der Waals surface area contributed by atoms with E-state index in [1.165, 1.54) is 0 Å². The molecule has 24 heavy (non-hydrogen) atoms. The first-order chi connectivity index (χ1) is 10.7. The predicted molar refractivity (Wildman–Crippen MR) is 95.5 cm³/mol. The fourth-order valence-electron chi connectivity index (χ4n) is 3.24. The second-order valence-electron chi connectivity index (χ2n) is 6.27. The van der Waals surface area contributed by atoms with Crippen molar-refractivity contribution in [3.8, 4) is 0 Å². The van der Waals surface area contributed by atoms with Crippen molar-refractivity contribution in [3.05, 3.63) is 68.8 Å². The van der Waals surface area contributed by atoms with E-state index in [0.29, 0.717) is 0 Å². The van der Waals surface area contributed by atoms with E-state index < -0.39 is 15.3 Å². The Morgan fingerprint density at radius 3 is 1.46 bits per heavy atom. The fraction of sp³-hybridized carbons (Fsp3) is 0.300. The van der Waals surface area contributed by atoms with Gasteiger partial charge in [0.15, 0.2) is 0 Å². The molecule has 0 unspecified atom stereocenters. The molecule has 0 saturated heterocycles. The Hall–Kier alpha value is -0.904. The van der Waals surface area contributed by atoms with Crippen molar-refractivity contribution >= 4 is 24.4 Å². The molecule has 0 aromatic heterocycles. The van der Waals surface area contributed by atoms with E-state index >= 15 is 0 Å². The Bertz CT molecular complexity index is 776. The minimum absolute atomic E-state index is 0. The van der Waals surface area contributed by atoms with Crippen LogP contribution in [0.1, 0.15) is 49.3 Å². The van der Waals surface area contributed by atoms with Crippen LogP contribution in [0.4, 0.5) is 0 Å². The molecule has 0 amide bonds. The summed E-state index contributed by atoms with van der Waals surface area (Å²) in [5.41, 5.74) is 7.60. The van der Waals surface area contributed by atoms with Crippen LogP contribution in [-0.4, -0.2) is 24.4 Å². The molecular formula is C20H22AsLiO2. The average molecular weight is 376 g/mol. The van der Waals surface area contributed by atoms with E-state index in [0.717, 1.165) is 44.5 Å². The monoisotopic (exact) mass is 376 g/mol. The van der Waals surface area contributed by atoms with Crippen molar-refractivity contribution in [1.29, 1.82) is 0 Å². The molecule has 2 rings (SSSR count). The van der Waals surface area contributed by atoms with Gasteiger partial charge in [0.1, 0.15) is 0 Å². The molecule has 0 N–H and O–H groups in total. The van der Waals surface area contributed by atoms with Gasteiger partial charge in [-0.2, -0.15) is 0 Å². The van der Waals surface area contributed by atoms with E-state index in [1.54, 1.807) is 0 Å². The molecule has 0 radical (unpaired) electrons. The maximum atomic E-state index is 12.7. The SMILES string of the molecule is Cc1cc(C)c(C(=O)[As]=C([O-])c2c(C)cc(C)cc2C)c(C)c1.[Li+]. The summed E-state index contributed by atoms with van der Waals surface area (Å²) >= 11 is -1.05. The van der Waals surface area contributed by atoms with Gasteiger partial charge < -0.3 is 0 Å². The van der Waals surface area contributed by atoms with Gasteiger partial charge in [-0.25, -0.2) is 0 Å². The Labute approximate surface area is 163 Å². The van der Waals surface area contributed by atoms with Crippen molar-refractivity contribution in [2.75, 3.05) is 0 Å². The van der Waals surface area contributed by atoms with E-state index in [2.05, 4.69) is 0 Å². The van der Waals surface area contributed by atoms with Gasteiger partial charge >= 0.3 is 163 Å². The number of carbonyl (C=O) groups is 1. The standard InChI is InChI=1S/C20H23AsO2.Li/c1-11-7-13(3)17(14(4)8-11)19(22)21-20(23)18-15(5)9-12(2)10-16(18)6;/h7-10,22H,1-6H3;/q;+1/p-1. The number of hydrogen-bond donors (Lipinski definition) is 0. The van der Waals surface area contributed by atoms with Crippen LogP contribution >= 0.6 is 0 Å². The summed E-state index contributed by atoms with van der Waals surface area (Å²) in [6.45, 7) is 11.8. The zero-order valence-electron chi connectivity index (χ0n) is 15.6. The van der Waals surface area contributed by atoms with Gasteiger partial charge in [0.25, 0.3) is 0 Å². The van der Waals surface area contributed by atoms with Crippen molar-refractivity contribution in [3.63, 3.8) is 0 Å². The molecule has 120 valence electrons. The molecule has 0 bridgehead atoms. The Kier molecular flexibility index (Phi) is 7.45. The first-order valence-corrected chi connectivity index (χ1v) is 9.54. The first kappa shape index (κ1) is 21.1. The molecule has 2 aromatic rings. The molecule has 0 aliphatic carbocycles. The van der Waals surface area contributed by atoms with Crippen LogP contribution in [0.3, 0.4) is 0 Å². The van der Waals surface area contributed by atoms with E-state index in [1.807, 2.05) is 65.8 Å². The number of benzene rings is 2. The van der Waals surface area contributed by atoms with Gasteiger partial charge in [-0.05, 0) is 0 Å². The van der Waals surface area contributed by atoms with Gasteiger partial charge in [0.05, 0.1) is 0 Å². The Balaban J connectivity index is 0.00000288. The third-order valence-electron chi connectivity index (χ3n) is 3.98. The van der Waals surface area contributed by atoms with Gasteiger partial charge in [0, 0.05) is 0 Å². The van der Waals surface area contributed by atoms with Crippen molar-refractivity contribution in [2.24, 2.45) is 0 Å². The normalized spacial score (nSPS) is 11.2. The Morgan fingerprint density at radius 1 is 0.750 bits per heavy atom. The summed E-state index contributed by atoms with van der Waals surface area (Å²) in [5.74, 6) is 0. The molecule has 0 aliphatic heterocycles. The third-order valence-corrected chi connectivity index (χ3v) is 5.78. The van der Waals surface area contributed by atoms with Gasteiger partial charge in [0.2, 0.25) is 0 Å². The van der Waals surface area contributed by atoms with Crippen LogP contribution in [0, 0.1) is 41.5 Å². The molecule has 0 heterocycles. The van der Waals surface area contributed by atoms with Crippen molar-refractivity contribution < 1.29 is 28.8 Å². The van der Waals surface area contributed by atoms with Crippen LogP contribution in [0.15, 0.2) is 24.3 Å². The zero-order valence-corrected chi connectivity index (χ0v) is 17.4. The minimum Gasteiger partial charge on any atom is 1.00 e. The second-order valence-corrected chi connectivity index (χ2v) is 8.44. The van der Waals surface area contributed by atoms with Crippen molar-refractivity contribution in [1.82, 2.24) is 0 Å². The molecule has 0 fully saturated rings. The smallest absolute Gasteiger partial charge is 1.00 e. The fourth-order valence-corrected chi connectivity index (χ4v) is 5.57. The van der Waals surface area contributed by atoms with Crippen LogP contribution in [0.5, 0.6) is 0 Å². The largest absolute Gasteiger partial charge is 1.00 e. The van der Waals surface area contributed by atoms with Crippen molar-refractivity contribution in [2.45, 2.75) is 41.5 Å². The van der Waals surface area contributed by atoms with E-state index in [-0.39, 0.29) is 27.9 Å². The van der Waals surface area contributed by atoms with Crippen LogP contribution in [0.25, 0.3) is 0 Å². The van der Waals surface area contributed by atoms with Gasteiger partial charge in [-0.15, -0.1) is 0 Å². The third kappa shape index (κ3) is 4.59. The summed E-state index contributed by atoms with van der Waals surface area (Å²) in [4.78, 5) is 12.7. The quantitative estimate of drug-likeness (QED) is 0.704. The molecule has 2 aromatic carbocycles. The summed E-state index contributed by atoms with van der Waals surface area (Å²) in [6.07, 6.45) is 0. The second kappa shape index (κ2) is 8.46. The van der Waals surface area contributed by atoms with E-state index in [9.17, 15) is 9.90 Å². The van der Waals surface area contributed by atoms with Crippen LogP contribution in [-0.2, 0) is 0 Å². The molecule has 0 aliphatic rings. The summed E-state index contributed by atoms with van der Waals surface area (Å²) in [5, 5.41) is 12.7. The molecule has 2 nitrogen and oxygen atoms in total. The molecular weight excluding hydrogens is 354 g/mol. The zero-order chi connectivity index (χ0) is 17.3. The number of aryl methyl sites for hydroxylation is 6. The van der Waals surface area contributed by atoms with Crippen LogP contribution in [0.2, 0.25) is 0 Å². The maximum absolute atomic E-state index is 12.7. The molecule has 0 saturated carbocycles. The number of hydrogen-bond acceptors (Lipinski definition) is 2. The predicted octanol–water partition coefficient (Wildman–Crippen LogP) is -0.0760. The summed E-state index contributed by atoms with van der Waals surface area (Å²) in [6, 6.07) is 8.03. The summed E-state index contributed by atoms with van der Waals surface area (Å²) in [7, 11) is 0. The van der Waals surface area contributed by atoms with Crippen LogP contribution < -0.4 is 24.0 Å².